The van der Waals surface area contributed by atoms with Crippen molar-refractivity contribution in [1.82, 2.24) is 4.90 Å². The fourth-order valence-corrected chi connectivity index (χ4v) is 3.02. The number of unbranched alkanes of at least 4 members (excludes halogenated alkanes) is 1. The van der Waals surface area contributed by atoms with Crippen molar-refractivity contribution in [3.63, 3.8) is 0 Å². The Morgan fingerprint density at radius 1 is 1.24 bits per heavy atom. The van der Waals surface area contributed by atoms with Crippen molar-refractivity contribution in [1.29, 1.82) is 0 Å². The number of hydrogen-bond acceptors (Lipinski definition) is 4. The molecule has 140 valence electrons. The molecule has 0 unspecified atom stereocenters. The molecular weight excluding hydrogens is 316 g/mol. The van der Waals surface area contributed by atoms with Crippen molar-refractivity contribution in [2.45, 2.75) is 51.6 Å². The van der Waals surface area contributed by atoms with Crippen LogP contribution >= 0.6 is 0 Å². The van der Waals surface area contributed by atoms with Gasteiger partial charge in [0.05, 0.1) is 0 Å². The largest absolute Gasteiger partial charge is 0.492 e. The van der Waals surface area contributed by atoms with E-state index in [1.54, 1.807) is 7.11 Å². The van der Waals surface area contributed by atoms with E-state index >= 15 is 0 Å². The molecule has 5 heteroatoms. The molecule has 0 aromatic heterocycles. The zero-order valence-corrected chi connectivity index (χ0v) is 15.8. The summed E-state index contributed by atoms with van der Waals surface area (Å²) in [6, 6.07) is 7.55. The van der Waals surface area contributed by atoms with Crippen LogP contribution in [0, 0.1) is 0 Å². The van der Waals surface area contributed by atoms with Gasteiger partial charge in [0.2, 0.25) is 0 Å². The quantitative estimate of drug-likeness (QED) is 0.700. The molecule has 0 radical (unpaired) electrons. The number of nitrogens with one attached hydrogen (secondary N) is 1. The lowest BCUT2D eigenvalue weighted by molar-refractivity contribution is -0.136. The van der Waals surface area contributed by atoms with Crippen LogP contribution in [-0.2, 0) is 9.53 Å². The van der Waals surface area contributed by atoms with E-state index in [1.807, 2.05) is 31.2 Å². The van der Waals surface area contributed by atoms with Crippen molar-refractivity contribution in [2.75, 3.05) is 38.7 Å². The fourth-order valence-electron chi connectivity index (χ4n) is 3.02. The second kappa shape index (κ2) is 9.78. The minimum absolute atomic E-state index is 0.105. The van der Waals surface area contributed by atoms with Crippen LogP contribution in [-0.4, -0.2) is 49.8 Å². The van der Waals surface area contributed by atoms with Crippen molar-refractivity contribution in [2.24, 2.45) is 0 Å². The van der Waals surface area contributed by atoms with Gasteiger partial charge in [-0.15, -0.1) is 0 Å². The maximum absolute atomic E-state index is 12.5. The Kier molecular flexibility index (Phi) is 7.72. The average Bonchev–Trinajstić information content (AvgIpc) is 3.14. The molecule has 5 nitrogen and oxygen atoms in total. The highest BCUT2D eigenvalue weighted by Gasteiger charge is 2.32. The molecule has 0 bridgehead atoms. The summed E-state index contributed by atoms with van der Waals surface area (Å²) in [5.41, 5.74) is -0.0300. The summed E-state index contributed by atoms with van der Waals surface area (Å²) >= 11 is 0. The topological polar surface area (TPSA) is 50.8 Å². The maximum Gasteiger partial charge on any atom is 0.256 e. The molecule has 1 amide bonds. The smallest absolute Gasteiger partial charge is 0.256 e. The van der Waals surface area contributed by atoms with Crippen LogP contribution in [0.5, 0.6) is 5.75 Å². The monoisotopic (exact) mass is 348 g/mol. The molecule has 1 aliphatic heterocycles. The highest BCUT2D eigenvalue weighted by molar-refractivity contribution is 5.97. The number of carbonyl (C=O) groups excluding carboxylic acids is 1. The summed E-state index contributed by atoms with van der Waals surface area (Å²) in [5.74, 6) is 0.726. The normalized spacial score (nSPS) is 17.2. The van der Waals surface area contributed by atoms with Crippen molar-refractivity contribution < 1.29 is 14.3 Å². The average molecular weight is 348 g/mol. The lowest BCUT2D eigenvalue weighted by Gasteiger charge is -2.26. The lowest BCUT2D eigenvalue weighted by Crippen LogP contribution is -2.41. The first-order valence-corrected chi connectivity index (χ1v) is 9.39. The fraction of sp³-hybridized carbons (Fsp3) is 0.650. The van der Waals surface area contributed by atoms with Gasteiger partial charge < -0.3 is 14.8 Å². The number of amides is 1. The van der Waals surface area contributed by atoms with Crippen LogP contribution in [0.4, 0.5) is 5.69 Å². The van der Waals surface area contributed by atoms with Crippen molar-refractivity contribution in [3.05, 3.63) is 24.3 Å². The second-order valence-electron chi connectivity index (χ2n) is 6.91. The molecule has 25 heavy (non-hydrogen) atoms. The summed E-state index contributed by atoms with van der Waals surface area (Å²) in [5, 5.41) is 2.94. The van der Waals surface area contributed by atoms with Gasteiger partial charge in [0.15, 0.2) is 0 Å². The number of likely N-dealkylation sites (tertiary alicyclic amines) is 1. The predicted octanol–water partition coefficient (Wildman–Crippen LogP) is 3.70. The molecule has 0 spiro atoms. The van der Waals surface area contributed by atoms with E-state index in [4.69, 9.17) is 9.47 Å². The van der Waals surface area contributed by atoms with Gasteiger partial charge in [-0.25, -0.2) is 0 Å². The van der Waals surface area contributed by atoms with Crippen molar-refractivity contribution >= 4 is 11.6 Å². The molecule has 1 atom stereocenters. The van der Waals surface area contributed by atoms with E-state index < -0.39 is 5.60 Å². The molecule has 1 fully saturated rings. The number of carbonyl (C=O) groups is 1. The number of anilines is 1. The summed E-state index contributed by atoms with van der Waals surface area (Å²) in [6.45, 7) is 7.99. The predicted molar refractivity (Wildman–Crippen MR) is 101 cm³/mol. The molecule has 1 aliphatic rings. The molecule has 1 aromatic rings. The van der Waals surface area contributed by atoms with Gasteiger partial charge in [0.1, 0.15) is 18.0 Å². The number of methoxy groups -OCH3 is 1. The molecule has 2 rings (SSSR count). The first-order valence-electron chi connectivity index (χ1n) is 9.39. The summed E-state index contributed by atoms with van der Waals surface area (Å²) < 4.78 is 11.2. The van der Waals surface area contributed by atoms with Gasteiger partial charge in [-0.2, -0.15) is 0 Å². The third-order valence-corrected chi connectivity index (χ3v) is 4.93. The molecule has 1 N–H and O–H groups in total. The number of hydrogen-bond donors (Lipinski definition) is 1. The SMILES string of the molecule is CCCC[C@@](C)(OC)C(=O)Nc1ccc(OCCN2CCCC2)cc1. The van der Waals surface area contributed by atoms with E-state index in [0.29, 0.717) is 13.0 Å². The van der Waals surface area contributed by atoms with Gasteiger partial charge >= 0.3 is 0 Å². The van der Waals surface area contributed by atoms with Crippen molar-refractivity contribution in [3.8, 4) is 5.75 Å². The number of benzene rings is 1. The highest BCUT2D eigenvalue weighted by Crippen LogP contribution is 2.22. The van der Waals surface area contributed by atoms with Gasteiger partial charge in [0, 0.05) is 19.3 Å². The highest BCUT2D eigenvalue weighted by atomic mass is 16.5. The van der Waals surface area contributed by atoms with Crippen LogP contribution in [0.1, 0.15) is 46.0 Å². The first-order chi connectivity index (χ1) is 12.1. The third kappa shape index (κ3) is 6.01. The number of rotatable bonds is 10. The van der Waals surface area contributed by atoms with Crippen LogP contribution in [0.2, 0.25) is 0 Å². The Bertz CT molecular complexity index is 526. The van der Waals surface area contributed by atoms with E-state index in [0.717, 1.165) is 30.8 Å². The van der Waals surface area contributed by atoms with Gasteiger partial charge in [-0.3, -0.25) is 9.69 Å². The van der Waals surface area contributed by atoms with E-state index in [1.165, 1.54) is 25.9 Å². The molecular formula is C20H32N2O3. The Morgan fingerprint density at radius 2 is 1.92 bits per heavy atom. The van der Waals surface area contributed by atoms with Crippen LogP contribution in [0.25, 0.3) is 0 Å². The maximum atomic E-state index is 12.5. The minimum atomic E-state index is -0.791. The molecule has 0 aliphatic carbocycles. The molecule has 0 saturated carbocycles. The van der Waals surface area contributed by atoms with E-state index in [2.05, 4.69) is 17.1 Å². The summed E-state index contributed by atoms with van der Waals surface area (Å²) in [4.78, 5) is 14.9. The Labute approximate surface area is 151 Å². The second-order valence-corrected chi connectivity index (χ2v) is 6.91. The van der Waals surface area contributed by atoms with E-state index in [-0.39, 0.29) is 5.91 Å². The summed E-state index contributed by atoms with van der Waals surface area (Å²) in [7, 11) is 1.59. The van der Waals surface area contributed by atoms with Crippen LogP contribution < -0.4 is 10.1 Å². The molecule has 1 saturated heterocycles. The third-order valence-electron chi connectivity index (χ3n) is 4.93. The zero-order valence-electron chi connectivity index (χ0n) is 15.8. The standard InChI is InChI=1S/C20H32N2O3/c1-4-5-12-20(2,24-3)19(23)21-17-8-10-18(11-9-17)25-16-15-22-13-6-7-14-22/h8-11H,4-7,12-16H2,1-3H3,(H,21,23)/t20-/m1/s1. The number of ether oxygens (including phenoxy) is 2. The van der Waals surface area contributed by atoms with Gasteiger partial charge in [-0.05, 0) is 63.5 Å². The first kappa shape index (κ1) is 19.7. The Morgan fingerprint density at radius 3 is 2.52 bits per heavy atom. The minimum Gasteiger partial charge on any atom is -0.492 e. The molecule has 1 heterocycles. The molecule has 1 aromatic carbocycles. The lowest BCUT2D eigenvalue weighted by atomic mass is 9.97. The van der Waals surface area contributed by atoms with Crippen LogP contribution in [0.3, 0.4) is 0 Å². The summed E-state index contributed by atoms with van der Waals surface area (Å²) in [6.07, 6.45) is 5.31. The van der Waals surface area contributed by atoms with E-state index in [9.17, 15) is 4.79 Å². The van der Waals surface area contributed by atoms with Gasteiger partial charge in [-0.1, -0.05) is 19.8 Å². The number of nitrogens with zero attached hydrogens (tertiary/aromatic N) is 1. The zero-order chi connectivity index (χ0) is 18.1. The Hall–Kier alpha value is -1.59. The van der Waals surface area contributed by atoms with Gasteiger partial charge in [0.25, 0.3) is 5.91 Å². The van der Waals surface area contributed by atoms with Crippen LogP contribution in [0.15, 0.2) is 24.3 Å². The Balaban J connectivity index is 1.81.